The topological polar surface area (TPSA) is 44.8 Å². The van der Waals surface area contributed by atoms with Crippen LogP contribution in [0.5, 0.6) is 0 Å². The Balaban J connectivity index is 1.52. The van der Waals surface area contributed by atoms with Gasteiger partial charge in [-0.3, -0.25) is 9.13 Å². The van der Waals surface area contributed by atoms with E-state index in [9.17, 15) is 4.79 Å². The van der Waals surface area contributed by atoms with E-state index in [4.69, 9.17) is 4.98 Å². The molecule has 0 N–H and O–H groups in total. The van der Waals surface area contributed by atoms with Crippen molar-refractivity contribution in [1.82, 2.24) is 18.7 Å². The fraction of sp³-hybridized carbons (Fsp3) is 0.524. The molecule has 0 aliphatic heterocycles. The molecule has 0 saturated heterocycles. The van der Waals surface area contributed by atoms with Crippen molar-refractivity contribution in [2.45, 2.75) is 56.9 Å². The third-order valence-electron chi connectivity index (χ3n) is 6.30. The van der Waals surface area contributed by atoms with Crippen LogP contribution in [-0.4, -0.2) is 18.7 Å². The zero-order valence-electron chi connectivity index (χ0n) is 15.6. The van der Waals surface area contributed by atoms with E-state index in [-0.39, 0.29) is 5.69 Å². The zero-order chi connectivity index (χ0) is 17.8. The number of benzene rings is 1. The van der Waals surface area contributed by atoms with Gasteiger partial charge in [0.05, 0.1) is 23.1 Å². The fourth-order valence-corrected chi connectivity index (χ4v) is 4.69. The van der Waals surface area contributed by atoms with Gasteiger partial charge in [0, 0.05) is 38.2 Å². The van der Waals surface area contributed by atoms with Gasteiger partial charge in [-0.15, -0.1) is 0 Å². The second-order valence-corrected chi connectivity index (χ2v) is 8.12. The first kappa shape index (κ1) is 15.9. The van der Waals surface area contributed by atoms with E-state index in [0.29, 0.717) is 11.8 Å². The summed E-state index contributed by atoms with van der Waals surface area (Å²) in [6, 6.07) is 6.37. The van der Waals surface area contributed by atoms with Crippen LogP contribution in [0.1, 0.15) is 67.3 Å². The average Bonchev–Trinajstić information content (AvgIpc) is 3.10. The molecule has 26 heavy (non-hydrogen) atoms. The standard InChI is InChI=1S/C21H26N4O/c1-23-17-10-7-14(11-18(17)24(2)21(23)26)12-25-13-22-19(15-5-3-4-6-15)20(25)16-8-9-16/h7,10-11,13,15-16H,3-6,8-9,12H2,1-2H3. The molecular formula is C21H26N4O. The lowest BCUT2D eigenvalue weighted by Crippen LogP contribution is -2.19. The molecule has 5 rings (SSSR count). The maximum atomic E-state index is 12.2. The maximum Gasteiger partial charge on any atom is 0.328 e. The van der Waals surface area contributed by atoms with E-state index < -0.39 is 0 Å². The lowest BCUT2D eigenvalue weighted by atomic mass is 10.00. The molecule has 2 aromatic heterocycles. The molecule has 0 unspecified atom stereocenters. The summed E-state index contributed by atoms with van der Waals surface area (Å²) < 4.78 is 5.82. The van der Waals surface area contributed by atoms with E-state index >= 15 is 0 Å². The summed E-state index contributed by atoms with van der Waals surface area (Å²) in [4.78, 5) is 17.0. The number of aryl methyl sites for hydroxylation is 2. The summed E-state index contributed by atoms with van der Waals surface area (Å²) in [6.45, 7) is 0.838. The Morgan fingerprint density at radius 3 is 2.46 bits per heavy atom. The molecule has 136 valence electrons. The molecule has 2 aliphatic rings. The van der Waals surface area contributed by atoms with Gasteiger partial charge in [0.2, 0.25) is 0 Å². The molecule has 2 aliphatic carbocycles. The van der Waals surface area contributed by atoms with Crippen LogP contribution in [0.4, 0.5) is 0 Å². The van der Waals surface area contributed by atoms with Crippen molar-refractivity contribution in [2.75, 3.05) is 0 Å². The molecule has 5 nitrogen and oxygen atoms in total. The smallest absolute Gasteiger partial charge is 0.328 e. The highest BCUT2D eigenvalue weighted by Gasteiger charge is 2.33. The van der Waals surface area contributed by atoms with Crippen LogP contribution in [0, 0.1) is 0 Å². The van der Waals surface area contributed by atoms with Gasteiger partial charge in [0.15, 0.2) is 0 Å². The number of rotatable bonds is 4. The number of fused-ring (bicyclic) bond motifs is 1. The molecule has 0 radical (unpaired) electrons. The highest BCUT2D eigenvalue weighted by Crippen LogP contribution is 2.46. The molecule has 5 heteroatoms. The van der Waals surface area contributed by atoms with Crippen LogP contribution < -0.4 is 5.69 Å². The normalized spacial score (nSPS) is 18.2. The van der Waals surface area contributed by atoms with Crippen molar-refractivity contribution in [2.24, 2.45) is 14.1 Å². The Morgan fingerprint density at radius 1 is 1.00 bits per heavy atom. The minimum Gasteiger partial charge on any atom is -0.330 e. The van der Waals surface area contributed by atoms with Crippen LogP contribution in [0.15, 0.2) is 29.3 Å². The summed E-state index contributed by atoms with van der Waals surface area (Å²) in [7, 11) is 3.68. The number of nitrogens with zero attached hydrogens (tertiary/aromatic N) is 4. The van der Waals surface area contributed by atoms with Gasteiger partial charge < -0.3 is 4.57 Å². The minimum absolute atomic E-state index is 0.0296. The average molecular weight is 350 g/mol. The maximum absolute atomic E-state index is 12.2. The Labute approximate surface area is 153 Å². The largest absolute Gasteiger partial charge is 0.330 e. The third-order valence-corrected chi connectivity index (χ3v) is 6.30. The Hall–Kier alpha value is -2.30. The first-order valence-corrected chi connectivity index (χ1v) is 9.82. The van der Waals surface area contributed by atoms with Crippen LogP contribution in [-0.2, 0) is 20.6 Å². The van der Waals surface area contributed by atoms with Gasteiger partial charge >= 0.3 is 5.69 Å². The third kappa shape index (κ3) is 2.44. The molecular weight excluding hydrogens is 324 g/mol. The van der Waals surface area contributed by atoms with Crippen molar-refractivity contribution in [1.29, 1.82) is 0 Å². The molecule has 0 amide bonds. The Morgan fingerprint density at radius 2 is 1.73 bits per heavy atom. The summed E-state index contributed by atoms with van der Waals surface area (Å²) in [5.41, 5.74) is 6.11. The molecule has 2 saturated carbocycles. The molecule has 1 aromatic carbocycles. The van der Waals surface area contributed by atoms with Crippen LogP contribution in [0.25, 0.3) is 11.0 Å². The first-order valence-electron chi connectivity index (χ1n) is 9.82. The summed E-state index contributed by atoms with van der Waals surface area (Å²) in [5.74, 6) is 1.38. The van der Waals surface area contributed by atoms with Gasteiger partial charge in [-0.05, 0) is 43.4 Å². The highest BCUT2D eigenvalue weighted by molar-refractivity contribution is 5.76. The predicted octanol–water partition coefficient (Wildman–Crippen LogP) is 3.66. The quantitative estimate of drug-likeness (QED) is 0.721. The lowest BCUT2D eigenvalue weighted by Gasteiger charge is -2.13. The van der Waals surface area contributed by atoms with E-state index in [0.717, 1.165) is 17.6 Å². The van der Waals surface area contributed by atoms with Crippen molar-refractivity contribution in [3.8, 4) is 0 Å². The summed E-state index contributed by atoms with van der Waals surface area (Å²) in [6.07, 6.45) is 9.95. The monoisotopic (exact) mass is 350 g/mol. The van der Waals surface area contributed by atoms with Crippen molar-refractivity contribution >= 4 is 11.0 Å². The molecule has 0 bridgehead atoms. The van der Waals surface area contributed by atoms with E-state index in [1.165, 1.54) is 55.5 Å². The van der Waals surface area contributed by atoms with Gasteiger partial charge in [0.1, 0.15) is 0 Å². The summed E-state index contributed by atoms with van der Waals surface area (Å²) in [5, 5.41) is 0. The van der Waals surface area contributed by atoms with Crippen molar-refractivity contribution in [3.05, 3.63) is 52.0 Å². The van der Waals surface area contributed by atoms with Gasteiger partial charge in [-0.2, -0.15) is 0 Å². The number of aromatic nitrogens is 4. The predicted molar refractivity (Wildman–Crippen MR) is 103 cm³/mol. The van der Waals surface area contributed by atoms with Crippen LogP contribution in [0.3, 0.4) is 0 Å². The summed E-state index contributed by atoms with van der Waals surface area (Å²) >= 11 is 0. The van der Waals surface area contributed by atoms with Crippen LogP contribution >= 0.6 is 0 Å². The van der Waals surface area contributed by atoms with E-state index in [1.807, 2.05) is 14.1 Å². The van der Waals surface area contributed by atoms with Gasteiger partial charge in [0.25, 0.3) is 0 Å². The highest BCUT2D eigenvalue weighted by atomic mass is 16.1. The van der Waals surface area contributed by atoms with Crippen molar-refractivity contribution in [3.63, 3.8) is 0 Å². The SMILES string of the molecule is Cn1c(=O)n(C)c2cc(Cn3cnc(C4CCCC4)c3C3CC3)ccc21. The molecule has 0 spiro atoms. The second-order valence-electron chi connectivity index (χ2n) is 8.12. The number of hydrogen-bond donors (Lipinski definition) is 0. The zero-order valence-corrected chi connectivity index (χ0v) is 15.6. The molecule has 0 atom stereocenters. The first-order chi connectivity index (χ1) is 12.6. The lowest BCUT2D eigenvalue weighted by molar-refractivity contribution is 0.674. The molecule has 2 heterocycles. The minimum atomic E-state index is 0.0296. The molecule has 3 aromatic rings. The van der Waals surface area contributed by atoms with Crippen LogP contribution in [0.2, 0.25) is 0 Å². The van der Waals surface area contributed by atoms with E-state index in [1.54, 1.807) is 9.13 Å². The Kier molecular flexibility index (Phi) is 3.59. The fourth-order valence-electron chi connectivity index (χ4n) is 4.69. The second kappa shape index (κ2) is 5.86. The van der Waals surface area contributed by atoms with E-state index in [2.05, 4.69) is 29.1 Å². The van der Waals surface area contributed by atoms with Gasteiger partial charge in [-0.1, -0.05) is 18.9 Å². The molecule has 2 fully saturated rings. The van der Waals surface area contributed by atoms with Gasteiger partial charge in [-0.25, -0.2) is 9.78 Å². The number of imidazole rings is 2. The van der Waals surface area contributed by atoms with Crippen molar-refractivity contribution < 1.29 is 0 Å². The Bertz CT molecular complexity index is 1030. The number of hydrogen-bond acceptors (Lipinski definition) is 2.